The van der Waals surface area contributed by atoms with Crippen LogP contribution >= 0.6 is 15.9 Å². The quantitative estimate of drug-likeness (QED) is 0.784. The maximum absolute atomic E-state index is 10.6. The molecule has 0 radical (unpaired) electrons. The Labute approximate surface area is 102 Å². The van der Waals surface area contributed by atoms with E-state index in [9.17, 15) is 4.79 Å². The molecule has 0 amide bonds. The number of halogens is 1. The van der Waals surface area contributed by atoms with Crippen LogP contribution in [0.2, 0.25) is 0 Å². The van der Waals surface area contributed by atoms with Crippen LogP contribution in [0.4, 0.5) is 0 Å². The molecule has 2 rings (SSSR count). The first-order valence-corrected chi connectivity index (χ1v) is 5.67. The third-order valence-electron chi connectivity index (χ3n) is 2.51. The van der Waals surface area contributed by atoms with Crippen molar-refractivity contribution in [1.29, 1.82) is 0 Å². The number of hydrogen-bond acceptors (Lipinski definition) is 2. The number of benzene rings is 1. The zero-order chi connectivity index (χ0) is 11.5. The second kappa shape index (κ2) is 4.58. The van der Waals surface area contributed by atoms with Crippen LogP contribution in [0.1, 0.15) is 15.9 Å². The molecule has 2 nitrogen and oxygen atoms in total. The number of aldehydes is 1. The van der Waals surface area contributed by atoms with Gasteiger partial charge in [-0.05, 0) is 34.0 Å². The number of nitrogens with zero attached hydrogens (tertiary/aromatic N) is 1. The Morgan fingerprint density at radius 3 is 2.50 bits per heavy atom. The highest BCUT2D eigenvalue weighted by Gasteiger charge is 2.04. The minimum Gasteiger partial charge on any atom is -0.298 e. The van der Waals surface area contributed by atoms with Crippen LogP contribution in [0.5, 0.6) is 0 Å². The summed E-state index contributed by atoms with van der Waals surface area (Å²) in [5, 5.41) is 0. The van der Waals surface area contributed by atoms with Gasteiger partial charge in [0.1, 0.15) is 6.29 Å². The van der Waals surface area contributed by atoms with Crippen molar-refractivity contribution in [3.63, 3.8) is 0 Å². The number of rotatable bonds is 2. The molecule has 1 aromatic heterocycles. The molecule has 80 valence electrons. The molecule has 0 bridgehead atoms. The highest BCUT2D eigenvalue weighted by atomic mass is 79.9. The zero-order valence-electron chi connectivity index (χ0n) is 8.77. The first-order chi connectivity index (χ1) is 7.72. The summed E-state index contributed by atoms with van der Waals surface area (Å²) < 4.78 is 0.990. The highest BCUT2D eigenvalue weighted by molar-refractivity contribution is 9.10. The molecule has 0 N–H and O–H groups in total. The van der Waals surface area contributed by atoms with Gasteiger partial charge in [-0.15, -0.1) is 0 Å². The van der Waals surface area contributed by atoms with Gasteiger partial charge < -0.3 is 0 Å². The van der Waals surface area contributed by atoms with Crippen molar-refractivity contribution in [3.8, 4) is 11.1 Å². The normalized spacial score (nSPS) is 10.1. The maximum atomic E-state index is 10.6. The third-order valence-corrected chi connectivity index (χ3v) is 3.31. The van der Waals surface area contributed by atoms with E-state index in [0.717, 1.165) is 27.4 Å². The molecule has 0 spiro atoms. The molecule has 2 aromatic rings. The molecule has 0 aliphatic rings. The summed E-state index contributed by atoms with van der Waals surface area (Å²) in [5.41, 5.74) is 3.97. The minimum atomic E-state index is 0.685. The summed E-state index contributed by atoms with van der Waals surface area (Å²) in [4.78, 5) is 14.7. The van der Waals surface area contributed by atoms with Gasteiger partial charge in [0.15, 0.2) is 0 Å². The Hall–Kier alpha value is -1.48. The molecular weight excluding hydrogens is 266 g/mol. The zero-order valence-corrected chi connectivity index (χ0v) is 10.4. The summed E-state index contributed by atoms with van der Waals surface area (Å²) >= 11 is 3.45. The molecule has 0 aliphatic heterocycles. The number of pyridine rings is 1. The second-order valence-corrected chi connectivity index (χ2v) is 4.39. The Balaban J connectivity index is 2.50. The molecule has 0 unspecified atom stereocenters. The van der Waals surface area contributed by atoms with E-state index in [0.29, 0.717) is 5.56 Å². The standard InChI is InChI=1S/C13H10BrNO/c1-9-12(6-15-7-13(9)14)11-4-2-10(8-16)3-5-11/h2-8H,1H3. The Morgan fingerprint density at radius 2 is 1.88 bits per heavy atom. The van der Waals surface area contributed by atoms with Crippen molar-refractivity contribution in [1.82, 2.24) is 4.98 Å². The molecule has 0 aliphatic carbocycles. The van der Waals surface area contributed by atoms with Crippen LogP contribution in [-0.4, -0.2) is 11.3 Å². The number of aromatic nitrogens is 1. The molecule has 16 heavy (non-hydrogen) atoms. The predicted molar refractivity (Wildman–Crippen MR) is 67.5 cm³/mol. The molecule has 1 aromatic carbocycles. The predicted octanol–water partition coefficient (Wildman–Crippen LogP) is 3.63. The topological polar surface area (TPSA) is 30.0 Å². The fourth-order valence-electron chi connectivity index (χ4n) is 1.53. The van der Waals surface area contributed by atoms with Crippen molar-refractivity contribution in [2.45, 2.75) is 6.92 Å². The third kappa shape index (κ3) is 2.04. The van der Waals surface area contributed by atoms with Gasteiger partial charge in [-0.2, -0.15) is 0 Å². The summed E-state index contributed by atoms with van der Waals surface area (Å²) in [6.07, 6.45) is 4.45. The smallest absolute Gasteiger partial charge is 0.150 e. The molecule has 0 saturated carbocycles. The SMILES string of the molecule is Cc1c(Br)cncc1-c1ccc(C=O)cc1. The van der Waals surface area contributed by atoms with Crippen LogP contribution in [-0.2, 0) is 0 Å². The second-order valence-electron chi connectivity index (χ2n) is 3.53. The van der Waals surface area contributed by atoms with Gasteiger partial charge in [-0.25, -0.2) is 0 Å². The van der Waals surface area contributed by atoms with Gasteiger partial charge in [0.25, 0.3) is 0 Å². The van der Waals surface area contributed by atoms with Crippen molar-refractivity contribution in [2.75, 3.05) is 0 Å². The van der Waals surface area contributed by atoms with Gasteiger partial charge in [-0.1, -0.05) is 24.3 Å². The van der Waals surface area contributed by atoms with Crippen molar-refractivity contribution in [3.05, 3.63) is 52.3 Å². The average molecular weight is 276 g/mol. The lowest BCUT2D eigenvalue weighted by Crippen LogP contribution is -1.87. The fraction of sp³-hybridized carbons (Fsp3) is 0.0769. The van der Waals surface area contributed by atoms with Crippen LogP contribution < -0.4 is 0 Å². The van der Waals surface area contributed by atoms with E-state index in [1.54, 1.807) is 6.20 Å². The first kappa shape index (κ1) is 11.0. The van der Waals surface area contributed by atoms with Crippen molar-refractivity contribution >= 4 is 22.2 Å². The molecule has 0 atom stereocenters. The van der Waals surface area contributed by atoms with Gasteiger partial charge in [-0.3, -0.25) is 9.78 Å². The van der Waals surface area contributed by atoms with Crippen LogP contribution in [0.15, 0.2) is 41.1 Å². The highest BCUT2D eigenvalue weighted by Crippen LogP contribution is 2.27. The van der Waals surface area contributed by atoms with E-state index in [1.807, 2.05) is 37.4 Å². The van der Waals surface area contributed by atoms with E-state index in [2.05, 4.69) is 20.9 Å². The van der Waals surface area contributed by atoms with E-state index in [-0.39, 0.29) is 0 Å². The van der Waals surface area contributed by atoms with Crippen molar-refractivity contribution in [2.24, 2.45) is 0 Å². The van der Waals surface area contributed by atoms with Crippen LogP contribution in [0, 0.1) is 6.92 Å². The van der Waals surface area contributed by atoms with E-state index >= 15 is 0 Å². The van der Waals surface area contributed by atoms with E-state index in [1.165, 1.54) is 0 Å². The summed E-state index contributed by atoms with van der Waals surface area (Å²) in [6.45, 7) is 2.04. The van der Waals surface area contributed by atoms with Gasteiger partial charge in [0, 0.05) is 28.0 Å². The first-order valence-electron chi connectivity index (χ1n) is 4.88. The Kier molecular flexibility index (Phi) is 3.15. The average Bonchev–Trinajstić information content (AvgIpc) is 2.33. The number of carbonyl (C=O) groups excluding carboxylic acids is 1. The molecular formula is C13H10BrNO. The lowest BCUT2D eigenvalue weighted by atomic mass is 10.0. The molecule has 3 heteroatoms. The maximum Gasteiger partial charge on any atom is 0.150 e. The van der Waals surface area contributed by atoms with Crippen molar-refractivity contribution < 1.29 is 4.79 Å². The van der Waals surface area contributed by atoms with Crippen LogP contribution in [0.3, 0.4) is 0 Å². The van der Waals surface area contributed by atoms with Gasteiger partial charge in [0.05, 0.1) is 0 Å². The summed E-state index contributed by atoms with van der Waals surface area (Å²) in [5.74, 6) is 0. The lowest BCUT2D eigenvalue weighted by molar-refractivity contribution is 0.112. The monoisotopic (exact) mass is 275 g/mol. The lowest BCUT2D eigenvalue weighted by Gasteiger charge is -2.06. The summed E-state index contributed by atoms with van der Waals surface area (Å²) in [7, 11) is 0. The largest absolute Gasteiger partial charge is 0.298 e. The Morgan fingerprint density at radius 1 is 1.19 bits per heavy atom. The molecule has 1 heterocycles. The number of carbonyl (C=O) groups is 1. The summed E-state index contributed by atoms with van der Waals surface area (Å²) in [6, 6.07) is 7.48. The van der Waals surface area contributed by atoms with Crippen LogP contribution in [0.25, 0.3) is 11.1 Å². The molecule has 0 saturated heterocycles. The van der Waals surface area contributed by atoms with E-state index in [4.69, 9.17) is 0 Å². The Bertz CT molecular complexity index is 520. The minimum absolute atomic E-state index is 0.685. The van der Waals surface area contributed by atoms with Gasteiger partial charge in [0.2, 0.25) is 0 Å². The van der Waals surface area contributed by atoms with Gasteiger partial charge >= 0.3 is 0 Å². The fourth-order valence-corrected chi connectivity index (χ4v) is 1.86. The molecule has 0 fully saturated rings. The number of hydrogen-bond donors (Lipinski definition) is 0. The van der Waals surface area contributed by atoms with E-state index < -0.39 is 0 Å².